The summed E-state index contributed by atoms with van der Waals surface area (Å²) in [6.07, 6.45) is -3.03. The zero-order chi connectivity index (χ0) is 17.4. The molecule has 0 aromatic rings. The van der Waals surface area contributed by atoms with Gasteiger partial charge in [-0.2, -0.15) is 0 Å². The summed E-state index contributed by atoms with van der Waals surface area (Å²) in [5.41, 5.74) is 8.44. The first-order valence-electron chi connectivity index (χ1n) is 7.05. The molecule has 23 heavy (non-hydrogen) atoms. The Hall–Kier alpha value is -2.32. The average molecular weight is 329 g/mol. The molecule has 10 nitrogen and oxygen atoms in total. The summed E-state index contributed by atoms with van der Waals surface area (Å²) in [7, 11) is 0. The van der Waals surface area contributed by atoms with Crippen LogP contribution in [0.15, 0.2) is 5.11 Å². The molecule has 1 heterocycles. The van der Waals surface area contributed by atoms with Crippen molar-refractivity contribution in [3.8, 4) is 0 Å². The molecule has 0 spiro atoms. The molecule has 0 aliphatic carbocycles. The lowest BCUT2D eigenvalue weighted by molar-refractivity contribution is -0.194. The lowest BCUT2D eigenvalue weighted by Gasteiger charge is -2.22. The Morgan fingerprint density at radius 1 is 1.22 bits per heavy atom. The Kier molecular flexibility index (Phi) is 7.30. The summed E-state index contributed by atoms with van der Waals surface area (Å²) >= 11 is 0. The van der Waals surface area contributed by atoms with Gasteiger partial charge < -0.3 is 18.9 Å². The zero-order valence-electron chi connectivity index (χ0n) is 13.1. The summed E-state index contributed by atoms with van der Waals surface area (Å²) in [6, 6.07) is 0. The second kappa shape index (κ2) is 8.96. The average Bonchev–Trinajstić information content (AvgIpc) is 2.73. The van der Waals surface area contributed by atoms with Crippen LogP contribution in [0.4, 0.5) is 0 Å². The van der Waals surface area contributed by atoms with Gasteiger partial charge in [-0.25, -0.2) is 0 Å². The third-order valence-corrected chi connectivity index (χ3v) is 3.09. The van der Waals surface area contributed by atoms with Crippen molar-refractivity contribution in [1.29, 1.82) is 0 Å². The van der Waals surface area contributed by atoms with Gasteiger partial charge in [-0.1, -0.05) is 5.11 Å². The van der Waals surface area contributed by atoms with Crippen molar-refractivity contribution in [3.05, 3.63) is 10.4 Å². The molecule has 1 saturated heterocycles. The van der Waals surface area contributed by atoms with Crippen molar-refractivity contribution in [1.82, 2.24) is 0 Å². The molecule has 0 aromatic carbocycles. The molecule has 0 amide bonds. The Balaban J connectivity index is 2.99. The second-order valence-corrected chi connectivity index (χ2v) is 4.81. The van der Waals surface area contributed by atoms with Gasteiger partial charge in [-0.3, -0.25) is 14.4 Å². The monoisotopic (exact) mass is 329 g/mol. The Bertz CT molecular complexity index is 504. The Labute approximate surface area is 132 Å². The number of nitrogens with zero attached hydrogens (tertiary/aromatic N) is 3. The van der Waals surface area contributed by atoms with E-state index < -0.39 is 42.3 Å². The highest BCUT2D eigenvalue weighted by molar-refractivity contribution is 5.70. The van der Waals surface area contributed by atoms with E-state index in [9.17, 15) is 14.4 Å². The molecule has 1 aliphatic rings. The maximum atomic E-state index is 11.7. The van der Waals surface area contributed by atoms with Crippen molar-refractivity contribution < 1.29 is 33.3 Å². The predicted octanol–water partition coefficient (Wildman–Crippen LogP) is 1.09. The van der Waals surface area contributed by atoms with Crippen LogP contribution in [0.1, 0.15) is 27.2 Å². The molecule has 0 bridgehead atoms. The molecule has 0 aromatic heterocycles. The molecule has 0 radical (unpaired) electrons. The summed E-state index contributed by atoms with van der Waals surface area (Å²) in [4.78, 5) is 36.8. The molecular weight excluding hydrogens is 310 g/mol. The van der Waals surface area contributed by atoms with Crippen LogP contribution in [-0.4, -0.2) is 49.6 Å². The summed E-state index contributed by atoms with van der Waals surface area (Å²) in [5, 5.41) is 3.41. The smallest absolute Gasteiger partial charge is 0.306 e. The first-order valence-corrected chi connectivity index (χ1v) is 7.05. The number of hydrogen-bond donors (Lipinski definition) is 0. The number of carbonyl (C=O) groups excluding carboxylic acids is 3. The van der Waals surface area contributed by atoms with Crippen LogP contribution in [0.3, 0.4) is 0 Å². The highest BCUT2D eigenvalue weighted by atomic mass is 16.7. The second-order valence-electron chi connectivity index (χ2n) is 4.81. The number of hydrogen-bond acceptors (Lipinski definition) is 8. The number of rotatable bonds is 7. The fraction of sp³-hybridized carbons (Fsp3) is 0.769. The SMILES string of the molecule is CCOC(=O)C[C@@H]1[C@@H](CN=[N+]=[N-])OC(OC(C)=O)[C@@H]1OC(C)=O. The van der Waals surface area contributed by atoms with E-state index in [0.717, 1.165) is 0 Å². The fourth-order valence-electron chi connectivity index (χ4n) is 2.31. The third-order valence-electron chi connectivity index (χ3n) is 3.09. The van der Waals surface area contributed by atoms with Crippen LogP contribution in [0.5, 0.6) is 0 Å². The molecule has 1 rings (SSSR count). The molecule has 0 saturated carbocycles. The Morgan fingerprint density at radius 3 is 2.39 bits per heavy atom. The lowest BCUT2D eigenvalue weighted by atomic mass is 9.94. The zero-order valence-corrected chi connectivity index (χ0v) is 13.1. The fourth-order valence-corrected chi connectivity index (χ4v) is 2.31. The van der Waals surface area contributed by atoms with Crippen LogP contribution in [0.25, 0.3) is 10.4 Å². The van der Waals surface area contributed by atoms with Gasteiger partial charge in [-0.15, -0.1) is 0 Å². The Morgan fingerprint density at radius 2 is 1.87 bits per heavy atom. The van der Waals surface area contributed by atoms with E-state index in [-0.39, 0.29) is 19.6 Å². The quantitative estimate of drug-likeness (QED) is 0.224. The maximum Gasteiger partial charge on any atom is 0.306 e. The van der Waals surface area contributed by atoms with E-state index >= 15 is 0 Å². The maximum absolute atomic E-state index is 11.7. The van der Waals surface area contributed by atoms with Crippen molar-refractivity contribution in [2.45, 2.75) is 45.7 Å². The number of azide groups is 1. The van der Waals surface area contributed by atoms with Crippen LogP contribution < -0.4 is 0 Å². The van der Waals surface area contributed by atoms with Gasteiger partial charge >= 0.3 is 17.9 Å². The normalized spacial score (nSPS) is 26.0. The minimum absolute atomic E-state index is 0.101. The molecule has 1 unspecified atom stereocenters. The molecule has 128 valence electrons. The predicted molar refractivity (Wildman–Crippen MR) is 74.7 cm³/mol. The summed E-state index contributed by atoms with van der Waals surface area (Å²) in [6.45, 7) is 4.11. The van der Waals surface area contributed by atoms with Crippen molar-refractivity contribution in [2.24, 2.45) is 11.0 Å². The van der Waals surface area contributed by atoms with Gasteiger partial charge in [0.1, 0.15) is 0 Å². The van der Waals surface area contributed by atoms with Crippen molar-refractivity contribution in [2.75, 3.05) is 13.2 Å². The summed E-state index contributed by atoms with van der Waals surface area (Å²) < 4.78 is 20.5. The minimum atomic E-state index is -1.17. The number of carbonyl (C=O) groups is 3. The van der Waals surface area contributed by atoms with Crippen molar-refractivity contribution in [3.63, 3.8) is 0 Å². The van der Waals surface area contributed by atoms with Gasteiger partial charge in [-0.05, 0) is 12.5 Å². The third kappa shape index (κ3) is 5.76. The van der Waals surface area contributed by atoms with Crippen molar-refractivity contribution >= 4 is 17.9 Å². The molecule has 1 aliphatic heterocycles. The van der Waals surface area contributed by atoms with E-state index in [2.05, 4.69) is 10.0 Å². The first kappa shape index (κ1) is 18.7. The molecule has 10 heteroatoms. The van der Waals surface area contributed by atoms with E-state index in [1.807, 2.05) is 0 Å². The minimum Gasteiger partial charge on any atom is -0.466 e. The van der Waals surface area contributed by atoms with Gasteiger partial charge in [0.15, 0.2) is 6.10 Å². The van der Waals surface area contributed by atoms with Crippen LogP contribution in [0, 0.1) is 5.92 Å². The van der Waals surface area contributed by atoms with Gasteiger partial charge in [0.2, 0.25) is 6.29 Å². The van der Waals surface area contributed by atoms with E-state index in [1.54, 1.807) is 6.92 Å². The van der Waals surface area contributed by atoms with E-state index in [1.165, 1.54) is 13.8 Å². The van der Waals surface area contributed by atoms with Gasteiger partial charge in [0.05, 0.1) is 25.7 Å². The molecule has 0 N–H and O–H groups in total. The van der Waals surface area contributed by atoms with Crippen LogP contribution in [-0.2, 0) is 33.3 Å². The highest BCUT2D eigenvalue weighted by Gasteiger charge is 2.49. The first-order chi connectivity index (χ1) is 10.9. The standard InChI is InChI=1S/C13H19N3O7/c1-4-20-11(19)5-9-10(6-15-16-14)23-13(22-8(3)18)12(9)21-7(2)17/h9-10,12-13H,4-6H2,1-3H3/t9-,10-,12-,13?/m1/s1. The topological polar surface area (TPSA) is 137 Å². The molecular formula is C13H19N3O7. The summed E-state index contributed by atoms with van der Waals surface area (Å²) in [5.74, 6) is -2.43. The van der Waals surface area contributed by atoms with Gasteiger partial charge in [0, 0.05) is 24.7 Å². The van der Waals surface area contributed by atoms with Crippen LogP contribution >= 0.6 is 0 Å². The van der Waals surface area contributed by atoms with Crippen LogP contribution in [0.2, 0.25) is 0 Å². The molecule has 1 fully saturated rings. The van der Waals surface area contributed by atoms with Gasteiger partial charge in [0.25, 0.3) is 0 Å². The lowest BCUT2D eigenvalue weighted by Crippen LogP contribution is -2.36. The number of esters is 3. The number of ether oxygens (including phenoxy) is 4. The van der Waals surface area contributed by atoms with E-state index in [4.69, 9.17) is 24.5 Å². The highest BCUT2D eigenvalue weighted by Crippen LogP contribution is 2.33. The van der Waals surface area contributed by atoms with E-state index in [0.29, 0.717) is 0 Å². The largest absolute Gasteiger partial charge is 0.466 e. The molecule has 4 atom stereocenters.